The van der Waals surface area contributed by atoms with Gasteiger partial charge in [-0.05, 0) is 6.07 Å². The highest BCUT2D eigenvalue weighted by Crippen LogP contribution is 2.27. The van der Waals surface area contributed by atoms with Gasteiger partial charge in [-0.2, -0.15) is 0 Å². The standard InChI is InChI=1S/C13H13N3O/c1-13(2,3)12-16-15-11(17-12)9-6-5-7-10(8-9)14-4/h5-8H,1-3H3. The van der Waals surface area contributed by atoms with Gasteiger partial charge in [0.15, 0.2) is 5.69 Å². The van der Waals surface area contributed by atoms with E-state index >= 15 is 0 Å². The molecule has 0 fully saturated rings. The first-order valence-electron chi connectivity index (χ1n) is 5.32. The lowest BCUT2D eigenvalue weighted by molar-refractivity contribution is 0.399. The van der Waals surface area contributed by atoms with Crippen LogP contribution in [0.15, 0.2) is 28.7 Å². The number of rotatable bonds is 1. The fraction of sp³-hybridized carbons (Fsp3) is 0.308. The van der Waals surface area contributed by atoms with Gasteiger partial charge in [0.05, 0.1) is 6.57 Å². The summed E-state index contributed by atoms with van der Waals surface area (Å²) in [4.78, 5) is 3.37. The van der Waals surface area contributed by atoms with Crippen molar-refractivity contribution < 1.29 is 4.42 Å². The molecule has 0 aliphatic carbocycles. The molecule has 0 saturated heterocycles. The Labute approximate surface area is 100 Å². The van der Waals surface area contributed by atoms with E-state index in [0.29, 0.717) is 17.5 Å². The molecule has 0 atom stereocenters. The van der Waals surface area contributed by atoms with E-state index in [2.05, 4.69) is 15.0 Å². The average Bonchev–Trinajstić information content (AvgIpc) is 2.78. The largest absolute Gasteiger partial charge is 0.420 e. The molecule has 0 amide bonds. The summed E-state index contributed by atoms with van der Waals surface area (Å²) >= 11 is 0. The molecule has 0 aliphatic heterocycles. The van der Waals surface area contributed by atoms with Gasteiger partial charge in [-0.1, -0.05) is 39.0 Å². The summed E-state index contributed by atoms with van der Waals surface area (Å²) in [7, 11) is 0. The fourth-order valence-electron chi connectivity index (χ4n) is 1.35. The Morgan fingerprint density at radius 2 is 2.00 bits per heavy atom. The van der Waals surface area contributed by atoms with Gasteiger partial charge in [-0.25, -0.2) is 4.85 Å². The van der Waals surface area contributed by atoms with E-state index in [1.807, 2.05) is 32.9 Å². The van der Waals surface area contributed by atoms with Crippen LogP contribution in [-0.4, -0.2) is 10.2 Å². The topological polar surface area (TPSA) is 43.3 Å². The van der Waals surface area contributed by atoms with Crippen LogP contribution in [0.25, 0.3) is 16.3 Å². The second-order valence-electron chi connectivity index (χ2n) is 4.82. The van der Waals surface area contributed by atoms with Gasteiger partial charge in [0.1, 0.15) is 0 Å². The molecule has 0 bridgehead atoms. The van der Waals surface area contributed by atoms with Crippen molar-refractivity contribution >= 4 is 5.69 Å². The van der Waals surface area contributed by atoms with Crippen LogP contribution in [0.2, 0.25) is 0 Å². The molecule has 2 aromatic rings. The lowest BCUT2D eigenvalue weighted by Crippen LogP contribution is -2.11. The number of aromatic nitrogens is 2. The molecule has 1 heterocycles. The Morgan fingerprint density at radius 3 is 2.59 bits per heavy atom. The Morgan fingerprint density at radius 1 is 1.24 bits per heavy atom. The predicted molar refractivity (Wildman–Crippen MR) is 64.7 cm³/mol. The minimum absolute atomic E-state index is 0.164. The molecule has 0 N–H and O–H groups in total. The van der Waals surface area contributed by atoms with E-state index in [9.17, 15) is 0 Å². The third kappa shape index (κ3) is 2.34. The Balaban J connectivity index is 2.41. The molecule has 2 rings (SSSR count). The van der Waals surface area contributed by atoms with E-state index in [4.69, 9.17) is 11.0 Å². The normalized spacial score (nSPS) is 11.2. The Hall–Kier alpha value is -2.15. The van der Waals surface area contributed by atoms with Gasteiger partial charge in [-0.3, -0.25) is 0 Å². The van der Waals surface area contributed by atoms with Gasteiger partial charge in [0.2, 0.25) is 11.8 Å². The van der Waals surface area contributed by atoms with E-state index in [1.165, 1.54) is 0 Å². The van der Waals surface area contributed by atoms with Crippen molar-refractivity contribution in [3.63, 3.8) is 0 Å². The molecule has 1 aromatic carbocycles. The maximum atomic E-state index is 6.97. The highest BCUT2D eigenvalue weighted by atomic mass is 16.4. The minimum Gasteiger partial charge on any atom is -0.420 e. The molecule has 0 spiro atoms. The highest BCUT2D eigenvalue weighted by Gasteiger charge is 2.21. The van der Waals surface area contributed by atoms with Crippen molar-refractivity contribution in [3.05, 3.63) is 41.6 Å². The summed E-state index contributed by atoms with van der Waals surface area (Å²) < 4.78 is 5.61. The second kappa shape index (κ2) is 4.02. The smallest absolute Gasteiger partial charge is 0.246 e. The molecule has 0 radical (unpaired) electrons. The molecule has 0 aliphatic rings. The lowest BCUT2D eigenvalue weighted by atomic mass is 9.97. The van der Waals surface area contributed by atoms with Crippen molar-refractivity contribution in [1.29, 1.82) is 0 Å². The molecular formula is C13H13N3O. The summed E-state index contributed by atoms with van der Waals surface area (Å²) in [5.74, 6) is 1.06. The zero-order chi connectivity index (χ0) is 12.5. The van der Waals surface area contributed by atoms with Crippen LogP contribution in [0.1, 0.15) is 26.7 Å². The summed E-state index contributed by atoms with van der Waals surface area (Å²) in [5, 5.41) is 8.03. The first kappa shape index (κ1) is 11.3. The summed E-state index contributed by atoms with van der Waals surface area (Å²) in [6, 6.07) is 7.16. The number of hydrogen-bond acceptors (Lipinski definition) is 3. The van der Waals surface area contributed by atoms with Crippen LogP contribution in [-0.2, 0) is 5.41 Å². The van der Waals surface area contributed by atoms with Gasteiger partial charge < -0.3 is 4.42 Å². The summed E-state index contributed by atoms with van der Waals surface area (Å²) in [6.45, 7) is 13.0. The van der Waals surface area contributed by atoms with Crippen LogP contribution in [0.5, 0.6) is 0 Å². The van der Waals surface area contributed by atoms with E-state index in [0.717, 1.165) is 5.56 Å². The average molecular weight is 227 g/mol. The van der Waals surface area contributed by atoms with Crippen LogP contribution in [0, 0.1) is 6.57 Å². The molecule has 0 saturated carbocycles. The molecule has 0 unspecified atom stereocenters. The summed E-state index contributed by atoms with van der Waals surface area (Å²) in [5.41, 5.74) is 1.18. The van der Waals surface area contributed by atoms with Gasteiger partial charge >= 0.3 is 0 Å². The molecular weight excluding hydrogens is 214 g/mol. The van der Waals surface area contributed by atoms with E-state index in [1.54, 1.807) is 12.1 Å². The van der Waals surface area contributed by atoms with E-state index in [-0.39, 0.29) is 5.41 Å². The minimum atomic E-state index is -0.164. The fourth-order valence-corrected chi connectivity index (χ4v) is 1.35. The van der Waals surface area contributed by atoms with Crippen LogP contribution < -0.4 is 0 Å². The van der Waals surface area contributed by atoms with Crippen LogP contribution in [0.3, 0.4) is 0 Å². The maximum Gasteiger partial charge on any atom is 0.246 e. The monoisotopic (exact) mass is 227 g/mol. The first-order valence-corrected chi connectivity index (χ1v) is 5.32. The lowest BCUT2D eigenvalue weighted by Gasteiger charge is -2.10. The molecule has 17 heavy (non-hydrogen) atoms. The van der Waals surface area contributed by atoms with Crippen molar-refractivity contribution in [2.45, 2.75) is 26.2 Å². The van der Waals surface area contributed by atoms with Crippen molar-refractivity contribution in [3.8, 4) is 11.5 Å². The van der Waals surface area contributed by atoms with Crippen LogP contribution in [0.4, 0.5) is 5.69 Å². The van der Waals surface area contributed by atoms with Crippen molar-refractivity contribution in [2.24, 2.45) is 0 Å². The Bertz CT molecular complexity index is 573. The van der Waals surface area contributed by atoms with Crippen LogP contribution >= 0.6 is 0 Å². The first-order chi connectivity index (χ1) is 8.00. The molecule has 4 heteroatoms. The van der Waals surface area contributed by atoms with E-state index < -0.39 is 0 Å². The molecule has 1 aromatic heterocycles. The maximum absolute atomic E-state index is 6.97. The van der Waals surface area contributed by atoms with Gasteiger partial charge in [0, 0.05) is 11.0 Å². The quantitative estimate of drug-likeness (QED) is 0.699. The third-order valence-electron chi connectivity index (χ3n) is 2.29. The molecule has 86 valence electrons. The zero-order valence-electron chi connectivity index (χ0n) is 10.1. The van der Waals surface area contributed by atoms with Gasteiger partial charge in [0.25, 0.3) is 0 Å². The highest BCUT2D eigenvalue weighted by molar-refractivity contribution is 5.61. The third-order valence-corrected chi connectivity index (χ3v) is 2.29. The number of hydrogen-bond donors (Lipinski definition) is 0. The van der Waals surface area contributed by atoms with Crippen molar-refractivity contribution in [1.82, 2.24) is 10.2 Å². The SMILES string of the molecule is [C-]#[N+]c1cccc(-c2nnc(C(C)(C)C)o2)c1. The van der Waals surface area contributed by atoms with Crippen molar-refractivity contribution in [2.75, 3.05) is 0 Å². The molecule has 4 nitrogen and oxygen atoms in total. The van der Waals surface area contributed by atoms with Gasteiger partial charge in [-0.15, -0.1) is 10.2 Å². The second-order valence-corrected chi connectivity index (χ2v) is 4.82. The zero-order valence-corrected chi connectivity index (χ0v) is 10.1. The summed E-state index contributed by atoms with van der Waals surface area (Å²) in [6.07, 6.45) is 0. The Kier molecular flexibility index (Phi) is 2.68. The number of benzene rings is 1. The predicted octanol–water partition coefficient (Wildman–Crippen LogP) is 3.58. The number of nitrogens with zero attached hydrogens (tertiary/aromatic N) is 3.